The van der Waals surface area contributed by atoms with Crippen LogP contribution in [-0.4, -0.2) is 81.9 Å². The van der Waals surface area contributed by atoms with E-state index in [2.05, 4.69) is 5.32 Å². The molecule has 1 aliphatic rings. The van der Waals surface area contributed by atoms with Gasteiger partial charge in [-0.05, 0) is 0 Å². The minimum absolute atomic E-state index is 0.220. The fraction of sp³-hybridized carbons (Fsp3) is 0.467. The summed E-state index contributed by atoms with van der Waals surface area (Å²) < 4.78 is 7.52. The normalized spacial score (nSPS) is 29.7. The zero-order chi connectivity index (χ0) is 18.1. The third-order valence-corrected chi connectivity index (χ3v) is 6.28. The number of hydrogen-bond donors (Lipinski definition) is 5. The van der Waals surface area contributed by atoms with Crippen molar-refractivity contribution in [2.75, 3.05) is 6.61 Å². The SMILES string of the molecule is O=C(Cn1[se]c2ccccc2c1=O)N[C@@H]1O[C@H](CO)[C@H](O)[C@H](O)[C@H]1O. The van der Waals surface area contributed by atoms with Gasteiger partial charge >= 0.3 is 148 Å². The summed E-state index contributed by atoms with van der Waals surface area (Å²) in [5, 5.41) is 41.4. The second-order valence-electron chi connectivity index (χ2n) is 5.75. The van der Waals surface area contributed by atoms with E-state index < -0.39 is 43.2 Å². The van der Waals surface area contributed by atoms with Gasteiger partial charge in [-0.2, -0.15) is 0 Å². The second kappa shape index (κ2) is 7.38. The third-order valence-electron chi connectivity index (χ3n) is 4.04. The molecule has 0 bridgehead atoms. The summed E-state index contributed by atoms with van der Waals surface area (Å²) in [5.74, 6) is -0.577. The number of hydrogen-bond acceptors (Lipinski definition) is 7. The van der Waals surface area contributed by atoms with E-state index in [1.54, 1.807) is 12.1 Å². The molecule has 5 N–H and O–H groups in total. The Morgan fingerprint density at radius 2 is 1.92 bits per heavy atom. The standard InChI is InChI=1S/C15H18N2O7Se/c18-6-8-11(20)12(21)13(22)14(24-8)16-10(19)5-17-15(23)7-3-1-2-4-9(7)25-17/h1-4,8,11-14,18,20-22H,5-6H2,(H,16,19)/t8-,11+,12+,13-,14-/m1/s1. The third kappa shape index (κ3) is 3.56. The molecule has 1 saturated heterocycles. The van der Waals surface area contributed by atoms with Gasteiger partial charge in [-0.1, -0.05) is 0 Å². The molecule has 25 heavy (non-hydrogen) atoms. The van der Waals surface area contributed by atoms with Crippen molar-refractivity contribution in [2.45, 2.75) is 37.2 Å². The Labute approximate surface area is 148 Å². The van der Waals surface area contributed by atoms with Gasteiger partial charge in [0.15, 0.2) is 0 Å². The summed E-state index contributed by atoms with van der Waals surface area (Å²) in [6.07, 6.45) is -7.02. The van der Waals surface area contributed by atoms with Crippen LogP contribution in [0, 0.1) is 0 Å². The van der Waals surface area contributed by atoms with Crippen molar-refractivity contribution < 1.29 is 30.0 Å². The molecule has 0 radical (unpaired) electrons. The van der Waals surface area contributed by atoms with Crippen LogP contribution in [0.2, 0.25) is 0 Å². The summed E-state index contributed by atoms with van der Waals surface area (Å²) in [4.78, 5) is 24.5. The van der Waals surface area contributed by atoms with Crippen LogP contribution in [0.25, 0.3) is 9.65 Å². The average Bonchev–Trinajstić information content (AvgIpc) is 2.91. The molecule has 0 aliphatic carbocycles. The van der Waals surface area contributed by atoms with Crippen molar-refractivity contribution in [2.24, 2.45) is 0 Å². The topological polar surface area (TPSA) is 141 Å². The summed E-state index contributed by atoms with van der Waals surface area (Å²) in [6, 6.07) is 7.12. The van der Waals surface area contributed by atoms with E-state index >= 15 is 0 Å². The van der Waals surface area contributed by atoms with Crippen LogP contribution in [0.3, 0.4) is 0 Å². The molecular weight excluding hydrogens is 399 g/mol. The van der Waals surface area contributed by atoms with E-state index in [0.717, 1.165) is 4.26 Å². The number of nitrogens with zero attached hydrogens (tertiary/aromatic N) is 1. The van der Waals surface area contributed by atoms with Crippen LogP contribution >= 0.6 is 0 Å². The fourth-order valence-electron chi connectivity index (χ4n) is 2.68. The number of ether oxygens (including phenoxy) is 1. The van der Waals surface area contributed by atoms with Crippen molar-refractivity contribution in [3.8, 4) is 0 Å². The zero-order valence-corrected chi connectivity index (χ0v) is 14.7. The molecule has 1 aromatic carbocycles. The number of aromatic nitrogens is 1. The molecule has 9 nitrogen and oxygen atoms in total. The predicted molar refractivity (Wildman–Crippen MR) is 87.1 cm³/mol. The monoisotopic (exact) mass is 418 g/mol. The van der Waals surface area contributed by atoms with Gasteiger partial charge in [0.05, 0.1) is 0 Å². The van der Waals surface area contributed by atoms with Gasteiger partial charge in [0, 0.05) is 0 Å². The van der Waals surface area contributed by atoms with Gasteiger partial charge in [0.25, 0.3) is 0 Å². The predicted octanol–water partition coefficient (Wildman–Crippen LogP) is -3.03. The van der Waals surface area contributed by atoms with Crippen LogP contribution in [0.15, 0.2) is 29.1 Å². The fourth-order valence-corrected chi connectivity index (χ4v) is 4.76. The molecule has 1 aliphatic heterocycles. The Morgan fingerprint density at radius 1 is 1.20 bits per heavy atom. The summed E-state index contributed by atoms with van der Waals surface area (Å²) in [6.45, 7) is -0.803. The van der Waals surface area contributed by atoms with E-state index in [9.17, 15) is 24.9 Å². The molecule has 136 valence electrons. The number of nitrogens with one attached hydrogen (secondary N) is 1. The van der Waals surface area contributed by atoms with Crippen LogP contribution in [0.4, 0.5) is 0 Å². The van der Waals surface area contributed by atoms with Crippen LogP contribution < -0.4 is 10.9 Å². The number of amides is 1. The number of carbonyl (C=O) groups excluding carboxylic acids is 1. The van der Waals surface area contributed by atoms with E-state index in [4.69, 9.17) is 9.84 Å². The second-order valence-corrected chi connectivity index (χ2v) is 7.98. The summed E-state index contributed by atoms with van der Waals surface area (Å²) >= 11 is -0.319. The molecule has 2 aromatic rings. The number of aliphatic hydroxyl groups is 4. The molecule has 0 spiro atoms. The number of aliphatic hydroxyl groups excluding tert-OH is 4. The van der Waals surface area contributed by atoms with Crippen molar-refractivity contribution in [3.63, 3.8) is 0 Å². The van der Waals surface area contributed by atoms with Gasteiger partial charge in [-0.15, -0.1) is 0 Å². The van der Waals surface area contributed by atoms with Gasteiger partial charge < -0.3 is 0 Å². The first-order valence-corrected chi connectivity index (χ1v) is 9.23. The maximum absolute atomic E-state index is 12.3. The average molecular weight is 417 g/mol. The molecule has 2 heterocycles. The van der Waals surface area contributed by atoms with Gasteiger partial charge in [0.2, 0.25) is 0 Å². The Morgan fingerprint density at radius 3 is 2.60 bits per heavy atom. The van der Waals surface area contributed by atoms with E-state index in [-0.39, 0.29) is 26.8 Å². The van der Waals surface area contributed by atoms with Crippen molar-refractivity contribution >= 4 is 30.3 Å². The van der Waals surface area contributed by atoms with E-state index in [0.29, 0.717) is 5.39 Å². The molecule has 1 fully saturated rings. The van der Waals surface area contributed by atoms with Crippen LogP contribution in [0.5, 0.6) is 0 Å². The number of benzene rings is 1. The maximum atomic E-state index is 12.3. The summed E-state index contributed by atoms with van der Waals surface area (Å²) in [5.41, 5.74) is -0.237. The zero-order valence-electron chi connectivity index (χ0n) is 13.0. The minimum atomic E-state index is -1.57. The Balaban J connectivity index is 1.71. The Hall–Kier alpha value is -1.52. The molecule has 1 amide bonds. The molecule has 1 aromatic heterocycles. The van der Waals surface area contributed by atoms with E-state index in [1.165, 1.54) is 3.56 Å². The molecular formula is C15H18N2O7Se. The summed E-state index contributed by atoms with van der Waals surface area (Å²) in [7, 11) is 0. The number of rotatable bonds is 4. The first-order chi connectivity index (χ1) is 11.9. The van der Waals surface area contributed by atoms with Crippen LogP contribution in [-0.2, 0) is 16.1 Å². The molecule has 5 atom stereocenters. The Bertz CT molecular complexity index is 818. The van der Waals surface area contributed by atoms with E-state index in [1.807, 2.05) is 12.1 Å². The quantitative estimate of drug-likeness (QED) is 0.334. The van der Waals surface area contributed by atoms with Gasteiger partial charge in [0.1, 0.15) is 0 Å². The molecule has 3 rings (SSSR count). The molecule has 0 unspecified atom stereocenters. The van der Waals surface area contributed by atoms with Gasteiger partial charge in [-0.3, -0.25) is 0 Å². The van der Waals surface area contributed by atoms with Crippen molar-refractivity contribution in [3.05, 3.63) is 34.6 Å². The van der Waals surface area contributed by atoms with Crippen molar-refractivity contribution in [1.82, 2.24) is 8.88 Å². The first-order valence-electron chi connectivity index (χ1n) is 7.61. The number of carbonyl (C=O) groups is 1. The Kier molecular flexibility index (Phi) is 5.40. The molecule has 10 heteroatoms. The van der Waals surface area contributed by atoms with Crippen molar-refractivity contribution in [1.29, 1.82) is 0 Å². The molecule has 0 saturated carbocycles. The first kappa shape index (κ1) is 18.3. The van der Waals surface area contributed by atoms with Crippen LogP contribution in [0.1, 0.15) is 0 Å². The number of fused-ring (bicyclic) bond motifs is 1. The van der Waals surface area contributed by atoms with Gasteiger partial charge in [-0.25, -0.2) is 0 Å².